The third-order valence-corrected chi connectivity index (χ3v) is 2.76. The van der Waals surface area contributed by atoms with Crippen LogP contribution in [0.5, 0.6) is 0 Å². The summed E-state index contributed by atoms with van der Waals surface area (Å²) in [6.07, 6.45) is 2.67. The smallest absolute Gasteiger partial charge is 0.105 e. The summed E-state index contributed by atoms with van der Waals surface area (Å²) >= 11 is 0. The van der Waals surface area contributed by atoms with Gasteiger partial charge in [-0.1, -0.05) is 6.92 Å². The van der Waals surface area contributed by atoms with Gasteiger partial charge in [0, 0.05) is 12.5 Å². The van der Waals surface area contributed by atoms with Gasteiger partial charge in [-0.3, -0.25) is 0 Å². The molecule has 0 spiro atoms. The summed E-state index contributed by atoms with van der Waals surface area (Å²) in [5, 5.41) is 3.43. The van der Waals surface area contributed by atoms with Gasteiger partial charge in [0.05, 0.1) is 32.2 Å². The Morgan fingerprint density at radius 3 is 3.06 bits per heavy atom. The minimum Gasteiger partial charge on any atom is -0.469 e. The molecule has 1 aliphatic rings. The fourth-order valence-corrected chi connectivity index (χ4v) is 1.98. The molecule has 2 heterocycles. The van der Waals surface area contributed by atoms with Crippen LogP contribution in [0.1, 0.15) is 12.7 Å². The van der Waals surface area contributed by atoms with E-state index in [1.165, 1.54) is 0 Å². The molecule has 2 rings (SSSR count). The van der Waals surface area contributed by atoms with Gasteiger partial charge >= 0.3 is 0 Å². The summed E-state index contributed by atoms with van der Waals surface area (Å²) in [4.78, 5) is 0. The van der Waals surface area contributed by atoms with Crippen LogP contribution < -0.4 is 5.32 Å². The molecule has 0 radical (unpaired) electrons. The van der Waals surface area contributed by atoms with Crippen LogP contribution in [0.4, 0.5) is 0 Å². The number of ether oxygens (including phenoxy) is 2. The minimum atomic E-state index is 0.124. The first-order valence-electron chi connectivity index (χ1n) is 5.85. The van der Waals surface area contributed by atoms with Crippen LogP contribution in [0.25, 0.3) is 0 Å². The van der Waals surface area contributed by atoms with E-state index in [1.807, 2.05) is 12.1 Å². The van der Waals surface area contributed by atoms with E-state index in [0.717, 1.165) is 18.7 Å². The Balaban J connectivity index is 1.92. The van der Waals surface area contributed by atoms with Gasteiger partial charge in [-0.2, -0.15) is 0 Å². The Morgan fingerprint density at radius 1 is 1.50 bits per heavy atom. The third kappa shape index (κ3) is 3.07. The van der Waals surface area contributed by atoms with Crippen molar-refractivity contribution in [2.45, 2.75) is 25.5 Å². The van der Waals surface area contributed by atoms with Crippen molar-refractivity contribution in [1.29, 1.82) is 0 Å². The van der Waals surface area contributed by atoms with Crippen LogP contribution in [0, 0.1) is 0 Å². The van der Waals surface area contributed by atoms with Gasteiger partial charge in [0.25, 0.3) is 0 Å². The molecule has 2 unspecified atom stereocenters. The zero-order valence-corrected chi connectivity index (χ0v) is 9.65. The van der Waals surface area contributed by atoms with Gasteiger partial charge < -0.3 is 19.2 Å². The van der Waals surface area contributed by atoms with Crippen molar-refractivity contribution >= 4 is 0 Å². The van der Waals surface area contributed by atoms with Crippen molar-refractivity contribution in [3.63, 3.8) is 0 Å². The number of nitrogens with one attached hydrogen (secondary N) is 1. The zero-order valence-electron chi connectivity index (χ0n) is 9.65. The summed E-state index contributed by atoms with van der Waals surface area (Å²) in [5.41, 5.74) is 0. The summed E-state index contributed by atoms with van der Waals surface area (Å²) in [6, 6.07) is 4.17. The zero-order chi connectivity index (χ0) is 11.2. The molecule has 0 saturated carbocycles. The summed E-state index contributed by atoms with van der Waals surface area (Å²) < 4.78 is 16.5. The molecule has 0 aliphatic carbocycles. The molecule has 1 fully saturated rings. The summed E-state index contributed by atoms with van der Waals surface area (Å²) in [7, 11) is 0. The Labute approximate surface area is 95.9 Å². The van der Waals surface area contributed by atoms with Gasteiger partial charge in [-0.15, -0.1) is 0 Å². The van der Waals surface area contributed by atoms with Gasteiger partial charge in [-0.25, -0.2) is 0 Å². The van der Waals surface area contributed by atoms with Crippen molar-refractivity contribution in [1.82, 2.24) is 5.32 Å². The van der Waals surface area contributed by atoms with Gasteiger partial charge in [0.2, 0.25) is 0 Å². The molecule has 4 nitrogen and oxygen atoms in total. The van der Waals surface area contributed by atoms with Gasteiger partial charge in [-0.05, 0) is 18.7 Å². The quantitative estimate of drug-likeness (QED) is 0.818. The van der Waals surface area contributed by atoms with Crippen molar-refractivity contribution < 1.29 is 13.9 Å². The highest BCUT2D eigenvalue weighted by atomic mass is 16.6. The van der Waals surface area contributed by atoms with E-state index >= 15 is 0 Å². The lowest BCUT2D eigenvalue weighted by molar-refractivity contribution is -0.101. The lowest BCUT2D eigenvalue weighted by Crippen LogP contribution is -2.47. The molecule has 1 saturated heterocycles. The first-order chi connectivity index (χ1) is 7.90. The molecule has 90 valence electrons. The van der Waals surface area contributed by atoms with Gasteiger partial charge in [0.15, 0.2) is 0 Å². The standard InChI is InChI=1S/C12H19NO3/c1-2-13-11(8-10-4-3-5-15-10)12-9-14-6-7-16-12/h3-5,11-13H,2,6-9H2,1H3. The largest absolute Gasteiger partial charge is 0.469 e. The Morgan fingerprint density at radius 2 is 2.44 bits per heavy atom. The Bertz CT molecular complexity index is 280. The van der Waals surface area contributed by atoms with E-state index in [-0.39, 0.29) is 12.1 Å². The van der Waals surface area contributed by atoms with E-state index in [4.69, 9.17) is 13.9 Å². The topological polar surface area (TPSA) is 43.6 Å². The number of hydrogen-bond donors (Lipinski definition) is 1. The van der Waals surface area contributed by atoms with E-state index in [1.54, 1.807) is 6.26 Å². The first kappa shape index (κ1) is 11.6. The molecular weight excluding hydrogens is 206 g/mol. The predicted molar refractivity (Wildman–Crippen MR) is 60.4 cm³/mol. The van der Waals surface area contributed by atoms with Crippen LogP contribution in [0.15, 0.2) is 22.8 Å². The molecule has 1 aromatic heterocycles. The monoisotopic (exact) mass is 225 g/mol. The molecule has 0 bridgehead atoms. The molecule has 1 aromatic rings. The van der Waals surface area contributed by atoms with E-state index in [9.17, 15) is 0 Å². The lowest BCUT2D eigenvalue weighted by atomic mass is 10.1. The van der Waals surface area contributed by atoms with Crippen molar-refractivity contribution in [2.75, 3.05) is 26.4 Å². The molecule has 16 heavy (non-hydrogen) atoms. The van der Waals surface area contributed by atoms with Crippen LogP contribution in [0.2, 0.25) is 0 Å². The number of hydrogen-bond acceptors (Lipinski definition) is 4. The normalized spacial score (nSPS) is 23.2. The third-order valence-electron chi connectivity index (χ3n) is 2.76. The minimum absolute atomic E-state index is 0.124. The fraction of sp³-hybridized carbons (Fsp3) is 0.667. The molecule has 4 heteroatoms. The highest BCUT2D eigenvalue weighted by Gasteiger charge is 2.25. The van der Waals surface area contributed by atoms with E-state index < -0.39 is 0 Å². The van der Waals surface area contributed by atoms with Crippen molar-refractivity contribution in [3.05, 3.63) is 24.2 Å². The average molecular weight is 225 g/mol. The number of rotatable bonds is 5. The molecule has 0 aromatic carbocycles. The predicted octanol–water partition coefficient (Wildman–Crippen LogP) is 1.22. The molecule has 1 aliphatic heterocycles. The number of likely N-dealkylation sites (N-methyl/N-ethyl adjacent to an activating group) is 1. The maximum Gasteiger partial charge on any atom is 0.105 e. The second-order valence-corrected chi connectivity index (χ2v) is 3.93. The van der Waals surface area contributed by atoms with Crippen LogP contribution >= 0.6 is 0 Å². The highest BCUT2D eigenvalue weighted by Crippen LogP contribution is 2.12. The summed E-state index contributed by atoms with van der Waals surface area (Å²) in [5.74, 6) is 0.986. The summed E-state index contributed by atoms with van der Waals surface area (Å²) in [6.45, 7) is 5.07. The number of furan rings is 1. The van der Waals surface area contributed by atoms with Crippen LogP contribution in [0.3, 0.4) is 0 Å². The van der Waals surface area contributed by atoms with E-state index in [0.29, 0.717) is 19.8 Å². The second-order valence-electron chi connectivity index (χ2n) is 3.93. The maximum atomic E-state index is 5.71. The van der Waals surface area contributed by atoms with Crippen molar-refractivity contribution in [2.24, 2.45) is 0 Å². The van der Waals surface area contributed by atoms with Crippen LogP contribution in [-0.4, -0.2) is 38.5 Å². The molecule has 2 atom stereocenters. The fourth-order valence-electron chi connectivity index (χ4n) is 1.98. The van der Waals surface area contributed by atoms with E-state index in [2.05, 4.69) is 12.2 Å². The maximum absolute atomic E-state index is 5.71. The molecular formula is C12H19NO3. The van der Waals surface area contributed by atoms with Gasteiger partial charge in [0.1, 0.15) is 5.76 Å². The first-order valence-corrected chi connectivity index (χ1v) is 5.85. The lowest BCUT2D eigenvalue weighted by Gasteiger charge is -2.30. The highest BCUT2D eigenvalue weighted by molar-refractivity contribution is 5.02. The van der Waals surface area contributed by atoms with Crippen LogP contribution in [-0.2, 0) is 15.9 Å². The second kappa shape index (κ2) is 6.03. The van der Waals surface area contributed by atoms with Crippen molar-refractivity contribution in [3.8, 4) is 0 Å². The molecule has 0 amide bonds. The average Bonchev–Trinajstić information content (AvgIpc) is 2.83. The Kier molecular flexibility index (Phi) is 4.39. The Hall–Kier alpha value is -0.840. The molecule has 1 N–H and O–H groups in total. The SMILES string of the molecule is CCNC(Cc1ccco1)C1COCCO1.